The molecule has 0 spiro atoms. The molecule has 0 radical (unpaired) electrons. The first-order valence-corrected chi connectivity index (χ1v) is 6.88. The zero-order valence-corrected chi connectivity index (χ0v) is 10.7. The highest BCUT2D eigenvalue weighted by atomic mass is 16.4. The molecule has 2 rings (SSSR count). The highest BCUT2D eigenvalue weighted by molar-refractivity contribution is 5.79. The molecule has 18 heavy (non-hydrogen) atoms. The number of rotatable bonds is 4. The number of nitrogens with one attached hydrogen (secondary N) is 1. The van der Waals surface area contributed by atoms with E-state index in [1.165, 1.54) is 0 Å². The largest absolute Gasteiger partial charge is 0.481 e. The third-order valence-corrected chi connectivity index (χ3v) is 4.01. The van der Waals surface area contributed by atoms with Crippen LogP contribution in [0.1, 0.15) is 32.1 Å². The van der Waals surface area contributed by atoms with Crippen LogP contribution >= 0.6 is 0 Å². The predicted molar refractivity (Wildman–Crippen MR) is 67.2 cm³/mol. The van der Waals surface area contributed by atoms with Gasteiger partial charge in [-0.1, -0.05) is 0 Å². The Balaban J connectivity index is 1.77. The van der Waals surface area contributed by atoms with E-state index in [0.717, 1.165) is 45.4 Å². The Morgan fingerprint density at radius 3 is 2.83 bits per heavy atom. The minimum Gasteiger partial charge on any atom is -0.481 e. The predicted octanol–water partition coefficient (Wildman–Crippen LogP) is 0.699. The number of hydrogen-bond acceptors (Lipinski definition) is 3. The van der Waals surface area contributed by atoms with Gasteiger partial charge in [-0.25, -0.2) is 0 Å². The quantitative estimate of drug-likeness (QED) is 0.775. The van der Waals surface area contributed by atoms with Crippen molar-refractivity contribution < 1.29 is 14.7 Å². The first kappa shape index (κ1) is 13.3. The van der Waals surface area contributed by atoms with Crippen molar-refractivity contribution in [3.05, 3.63) is 0 Å². The maximum atomic E-state index is 12.3. The number of carboxylic acids is 1. The van der Waals surface area contributed by atoms with Gasteiger partial charge in [-0.15, -0.1) is 0 Å². The van der Waals surface area contributed by atoms with Gasteiger partial charge in [0.1, 0.15) is 0 Å². The average Bonchev–Trinajstić information content (AvgIpc) is 2.85. The molecule has 0 aromatic heterocycles. The molecule has 2 fully saturated rings. The van der Waals surface area contributed by atoms with Crippen molar-refractivity contribution in [2.24, 2.45) is 11.8 Å². The number of aliphatic carboxylic acids is 1. The number of carbonyl (C=O) groups is 2. The molecular weight excluding hydrogens is 232 g/mol. The fourth-order valence-corrected chi connectivity index (χ4v) is 2.92. The molecular formula is C13H22N2O3. The van der Waals surface area contributed by atoms with Crippen LogP contribution in [0.5, 0.6) is 0 Å². The number of nitrogens with zero attached hydrogens (tertiary/aromatic N) is 1. The van der Waals surface area contributed by atoms with E-state index in [1.54, 1.807) is 0 Å². The summed E-state index contributed by atoms with van der Waals surface area (Å²) in [6.07, 6.45) is 3.94. The highest BCUT2D eigenvalue weighted by Crippen LogP contribution is 2.24. The molecule has 1 amide bonds. The zero-order valence-electron chi connectivity index (χ0n) is 10.7. The van der Waals surface area contributed by atoms with Crippen molar-refractivity contribution in [2.45, 2.75) is 32.1 Å². The summed E-state index contributed by atoms with van der Waals surface area (Å²) in [7, 11) is 0. The van der Waals surface area contributed by atoms with Crippen molar-refractivity contribution >= 4 is 11.9 Å². The van der Waals surface area contributed by atoms with Gasteiger partial charge < -0.3 is 15.3 Å². The molecule has 5 nitrogen and oxygen atoms in total. The number of amides is 1. The number of likely N-dealkylation sites (tertiary alicyclic amines) is 1. The third kappa shape index (κ3) is 3.45. The Hall–Kier alpha value is -1.10. The number of hydrogen-bond donors (Lipinski definition) is 2. The van der Waals surface area contributed by atoms with Crippen LogP contribution in [0.3, 0.4) is 0 Å². The summed E-state index contributed by atoms with van der Waals surface area (Å²) in [4.78, 5) is 24.7. The Kier molecular flexibility index (Phi) is 4.58. The molecule has 0 bridgehead atoms. The van der Waals surface area contributed by atoms with Crippen molar-refractivity contribution in [1.29, 1.82) is 0 Å². The van der Waals surface area contributed by atoms with E-state index < -0.39 is 5.97 Å². The van der Waals surface area contributed by atoms with Crippen LogP contribution in [0.15, 0.2) is 0 Å². The minimum atomic E-state index is -0.740. The van der Waals surface area contributed by atoms with Gasteiger partial charge >= 0.3 is 5.97 Å². The number of carbonyl (C=O) groups excluding carboxylic acids is 1. The Morgan fingerprint density at radius 1 is 1.33 bits per heavy atom. The lowest BCUT2D eigenvalue weighted by molar-refractivity contribution is -0.137. The van der Waals surface area contributed by atoms with Gasteiger partial charge in [-0.2, -0.15) is 0 Å². The van der Waals surface area contributed by atoms with Gasteiger partial charge in [-0.05, 0) is 38.1 Å². The van der Waals surface area contributed by atoms with Crippen molar-refractivity contribution in [2.75, 3.05) is 26.2 Å². The number of carboxylic acid groups (broad SMARTS) is 1. The smallest absolute Gasteiger partial charge is 0.303 e. The number of piperidine rings is 1. The van der Waals surface area contributed by atoms with Gasteiger partial charge in [-0.3, -0.25) is 9.59 Å². The van der Waals surface area contributed by atoms with Gasteiger partial charge in [0.05, 0.1) is 5.92 Å². The summed E-state index contributed by atoms with van der Waals surface area (Å²) in [6, 6.07) is 0. The van der Waals surface area contributed by atoms with Crippen molar-refractivity contribution in [3.8, 4) is 0 Å². The van der Waals surface area contributed by atoms with Crippen LogP contribution in [0, 0.1) is 11.8 Å². The molecule has 2 atom stereocenters. The second kappa shape index (κ2) is 6.18. The lowest BCUT2D eigenvalue weighted by atomic mass is 9.98. The monoisotopic (exact) mass is 254 g/mol. The van der Waals surface area contributed by atoms with Crippen LogP contribution < -0.4 is 5.32 Å². The van der Waals surface area contributed by atoms with Crippen LogP contribution in [-0.4, -0.2) is 48.1 Å². The van der Waals surface area contributed by atoms with Gasteiger partial charge in [0.15, 0.2) is 0 Å². The summed E-state index contributed by atoms with van der Waals surface area (Å²) >= 11 is 0. The average molecular weight is 254 g/mol. The third-order valence-electron chi connectivity index (χ3n) is 4.01. The van der Waals surface area contributed by atoms with Crippen molar-refractivity contribution in [1.82, 2.24) is 10.2 Å². The maximum absolute atomic E-state index is 12.3. The lowest BCUT2D eigenvalue weighted by Crippen LogP contribution is -2.42. The van der Waals surface area contributed by atoms with Crippen molar-refractivity contribution in [3.63, 3.8) is 0 Å². The van der Waals surface area contributed by atoms with E-state index in [0.29, 0.717) is 12.3 Å². The summed E-state index contributed by atoms with van der Waals surface area (Å²) in [5, 5.41) is 11.9. The maximum Gasteiger partial charge on any atom is 0.303 e. The van der Waals surface area contributed by atoms with E-state index in [-0.39, 0.29) is 18.2 Å². The van der Waals surface area contributed by atoms with Crippen LogP contribution in [0.4, 0.5) is 0 Å². The fraction of sp³-hybridized carbons (Fsp3) is 0.846. The Morgan fingerprint density at radius 2 is 2.17 bits per heavy atom. The van der Waals surface area contributed by atoms with Gasteiger partial charge in [0.2, 0.25) is 5.91 Å². The molecule has 2 aliphatic heterocycles. The summed E-state index contributed by atoms with van der Waals surface area (Å²) in [5.74, 6) is 0.0369. The fourth-order valence-electron chi connectivity index (χ4n) is 2.92. The van der Waals surface area contributed by atoms with Gasteiger partial charge in [0, 0.05) is 26.1 Å². The molecule has 0 aromatic rings. The highest BCUT2D eigenvalue weighted by Gasteiger charge is 2.31. The summed E-state index contributed by atoms with van der Waals surface area (Å²) in [5.41, 5.74) is 0. The SMILES string of the molecule is O=C(O)CCC1CCN(C(=O)[C@H]2CCCNC2)C1. The van der Waals surface area contributed by atoms with E-state index in [9.17, 15) is 9.59 Å². The first-order valence-electron chi connectivity index (χ1n) is 6.88. The van der Waals surface area contributed by atoms with Crippen LogP contribution in [0.25, 0.3) is 0 Å². The van der Waals surface area contributed by atoms with Gasteiger partial charge in [0.25, 0.3) is 0 Å². The van der Waals surface area contributed by atoms with E-state index in [2.05, 4.69) is 5.32 Å². The van der Waals surface area contributed by atoms with E-state index in [4.69, 9.17) is 5.11 Å². The molecule has 2 N–H and O–H groups in total. The first-order chi connectivity index (χ1) is 8.66. The standard InChI is InChI=1S/C13H22N2O3/c16-12(17)4-3-10-5-7-15(9-10)13(18)11-2-1-6-14-8-11/h10-11,14H,1-9H2,(H,16,17)/t10?,11-/m0/s1. The van der Waals surface area contributed by atoms with Crippen LogP contribution in [0.2, 0.25) is 0 Å². The molecule has 0 aromatic carbocycles. The molecule has 5 heteroatoms. The summed E-state index contributed by atoms with van der Waals surface area (Å²) in [6.45, 7) is 3.38. The topological polar surface area (TPSA) is 69.6 Å². The molecule has 102 valence electrons. The minimum absolute atomic E-state index is 0.136. The lowest BCUT2D eigenvalue weighted by Gasteiger charge is -2.26. The normalized spacial score (nSPS) is 28.3. The molecule has 0 aliphatic carbocycles. The van der Waals surface area contributed by atoms with E-state index >= 15 is 0 Å². The second-order valence-electron chi connectivity index (χ2n) is 5.41. The van der Waals surface area contributed by atoms with E-state index in [1.807, 2.05) is 4.90 Å². The zero-order chi connectivity index (χ0) is 13.0. The summed E-state index contributed by atoms with van der Waals surface area (Å²) < 4.78 is 0. The molecule has 1 unspecified atom stereocenters. The Bertz CT molecular complexity index is 313. The molecule has 2 aliphatic rings. The molecule has 2 heterocycles. The second-order valence-corrected chi connectivity index (χ2v) is 5.41. The molecule has 0 saturated carbocycles. The van der Waals surface area contributed by atoms with Crippen LogP contribution in [-0.2, 0) is 9.59 Å². The Labute approximate surface area is 108 Å². The molecule has 2 saturated heterocycles.